The zero-order chi connectivity index (χ0) is 19.8. The molecule has 3 rings (SSSR count). The smallest absolute Gasteiger partial charge is 0.409 e. The molecular weight excluding hydrogens is 438 g/mol. The van der Waals surface area contributed by atoms with Gasteiger partial charge in [0.25, 0.3) is 0 Å². The molecule has 0 fully saturated rings. The minimum absolute atomic E-state index is 0.0248. The van der Waals surface area contributed by atoms with E-state index in [1.54, 1.807) is 24.3 Å². The summed E-state index contributed by atoms with van der Waals surface area (Å²) >= 11 is 24.3. The molecule has 3 aromatic rings. The molecule has 0 aliphatic heterocycles. The maximum absolute atomic E-state index is 12.0. The van der Waals surface area contributed by atoms with Crippen LogP contribution in [0, 0.1) is 0 Å². The molecule has 0 aliphatic carbocycles. The van der Waals surface area contributed by atoms with Gasteiger partial charge in [-0.25, -0.2) is 9.78 Å². The van der Waals surface area contributed by atoms with Gasteiger partial charge in [0.15, 0.2) is 17.6 Å². The van der Waals surface area contributed by atoms with Crippen LogP contribution in [0.2, 0.25) is 5.28 Å². The number of amides is 1. The summed E-state index contributed by atoms with van der Waals surface area (Å²) in [5.74, 6) is 0.0248. The standard InChI is InChI=1S/C15H12Cl4N6O2/c16-13-22-10(20)9-11(23-13)25(7-21-9)12(15(17,18)19)24(14(26)27)6-8-4-2-1-3-5-8/h1-5,7,12H,6H2,(H,26,27)(H2,20,22,23). The predicted octanol–water partition coefficient (Wildman–Crippen LogP) is 4.11. The molecule has 0 saturated carbocycles. The number of hydrogen-bond donors (Lipinski definition) is 2. The summed E-state index contributed by atoms with van der Waals surface area (Å²) in [5.41, 5.74) is 6.86. The lowest BCUT2D eigenvalue weighted by atomic mass is 10.2. The van der Waals surface area contributed by atoms with Gasteiger partial charge in [-0.2, -0.15) is 9.97 Å². The van der Waals surface area contributed by atoms with E-state index in [4.69, 9.17) is 52.1 Å². The SMILES string of the molecule is Nc1nc(Cl)nc2c1ncn2C(N(Cc1ccccc1)C(=O)O)C(Cl)(Cl)Cl. The molecule has 1 unspecified atom stereocenters. The molecule has 1 aromatic carbocycles. The molecule has 0 aliphatic rings. The minimum atomic E-state index is -2.05. The van der Waals surface area contributed by atoms with Crippen molar-refractivity contribution >= 4 is 69.5 Å². The summed E-state index contributed by atoms with van der Waals surface area (Å²) in [6.45, 7) is -0.0390. The number of carbonyl (C=O) groups is 1. The zero-order valence-corrected chi connectivity index (χ0v) is 16.5. The number of imidazole rings is 1. The van der Waals surface area contributed by atoms with Crippen LogP contribution in [0.5, 0.6) is 0 Å². The molecule has 27 heavy (non-hydrogen) atoms. The Morgan fingerprint density at radius 3 is 2.52 bits per heavy atom. The number of carboxylic acid groups (broad SMARTS) is 1. The Bertz CT molecular complexity index is 976. The number of nitrogens with zero attached hydrogens (tertiary/aromatic N) is 5. The lowest BCUT2D eigenvalue weighted by molar-refractivity contribution is 0.0993. The Balaban J connectivity index is 2.15. The highest BCUT2D eigenvalue weighted by Crippen LogP contribution is 2.42. The number of rotatable bonds is 4. The molecule has 2 heterocycles. The van der Waals surface area contributed by atoms with Crippen molar-refractivity contribution in [2.24, 2.45) is 0 Å². The Morgan fingerprint density at radius 1 is 1.26 bits per heavy atom. The van der Waals surface area contributed by atoms with Gasteiger partial charge < -0.3 is 10.8 Å². The van der Waals surface area contributed by atoms with Gasteiger partial charge in [0, 0.05) is 0 Å². The van der Waals surface area contributed by atoms with Gasteiger partial charge in [-0.3, -0.25) is 9.47 Å². The van der Waals surface area contributed by atoms with Gasteiger partial charge in [0.1, 0.15) is 5.52 Å². The van der Waals surface area contributed by atoms with Gasteiger partial charge in [-0.15, -0.1) is 0 Å². The molecule has 1 atom stereocenters. The normalized spacial score (nSPS) is 12.9. The van der Waals surface area contributed by atoms with Gasteiger partial charge in [0.05, 0.1) is 12.9 Å². The lowest BCUT2D eigenvalue weighted by Crippen LogP contribution is -2.43. The van der Waals surface area contributed by atoms with Crippen molar-refractivity contribution in [3.63, 3.8) is 0 Å². The molecule has 142 valence electrons. The average molecular weight is 450 g/mol. The predicted molar refractivity (Wildman–Crippen MR) is 104 cm³/mol. The van der Waals surface area contributed by atoms with E-state index in [2.05, 4.69) is 15.0 Å². The van der Waals surface area contributed by atoms with Crippen molar-refractivity contribution in [3.8, 4) is 0 Å². The Kier molecular flexibility index (Phi) is 5.53. The third-order valence-electron chi connectivity index (χ3n) is 3.71. The van der Waals surface area contributed by atoms with Crippen molar-refractivity contribution in [2.45, 2.75) is 16.5 Å². The van der Waals surface area contributed by atoms with Crippen molar-refractivity contribution in [1.29, 1.82) is 0 Å². The number of alkyl halides is 3. The second-order valence-electron chi connectivity index (χ2n) is 5.51. The molecule has 0 spiro atoms. The monoisotopic (exact) mass is 448 g/mol. The second-order valence-corrected chi connectivity index (χ2v) is 8.22. The van der Waals surface area contributed by atoms with Crippen molar-refractivity contribution < 1.29 is 9.90 Å². The molecule has 2 aromatic heterocycles. The first kappa shape index (κ1) is 19.8. The van der Waals surface area contributed by atoms with Crippen LogP contribution in [0.4, 0.5) is 10.6 Å². The maximum Gasteiger partial charge on any atom is 0.409 e. The summed E-state index contributed by atoms with van der Waals surface area (Å²) < 4.78 is -0.754. The van der Waals surface area contributed by atoms with E-state index in [0.29, 0.717) is 5.56 Å². The summed E-state index contributed by atoms with van der Waals surface area (Å²) in [6.07, 6.45) is -1.32. The molecule has 1 amide bonds. The molecular formula is C15H12Cl4N6O2. The van der Waals surface area contributed by atoms with Crippen LogP contribution in [-0.4, -0.2) is 39.4 Å². The van der Waals surface area contributed by atoms with Gasteiger partial charge in [-0.05, 0) is 17.2 Å². The number of fused-ring (bicyclic) bond motifs is 1. The van der Waals surface area contributed by atoms with Crippen LogP contribution in [0.1, 0.15) is 11.7 Å². The molecule has 0 saturated heterocycles. The number of nitrogen functional groups attached to an aromatic ring is 1. The highest BCUT2D eigenvalue weighted by molar-refractivity contribution is 6.68. The fourth-order valence-electron chi connectivity index (χ4n) is 2.61. The number of anilines is 1. The lowest BCUT2D eigenvalue weighted by Gasteiger charge is -2.35. The Morgan fingerprint density at radius 2 is 1.93 bits per heavy atom. The summed E-state index contributed by atoms with van der Waals surface area (Å²) in [4.78, 5) is 24.9. The minimum Gasteiger partial charge on any atom is -0.465 e. The van der Waals surface area contributed by atoms with E-state index in [1.165, 1.54) is 10.9 Å². The fourth-order valence-corrected chi connectivity index (χ4v) is 3.45. The van der Waals surface area contributed by atoms with E-state index < -0.39 is 16.1 Å². The van der Waals surface area contributed by atoms with E-state index in [-0.39, 0.29) is 28.8 Å². The molecule has 12 heteroatoms. The summed E-state index contributed by atoms with van der Waals surface area (Å²) in [6, 6.07) is 8.88. The average Bonchev–Trinajstić information content (AvgIpc) is 2.97. The van der Waals surface area contributed by atoms with E-state index >= 15 is 0 Å². The second kappa shape index (κ2) is 7.55. The topological polar surface area (TPSA) is 110 Å². The van der Waals surface area contributed by atoms with E-state index in [0.717, 1.165) is 4.90 Å². The van der Waals surface area contributed by atoms with Crippen molar-refractivity contribution in [3.05, 3.63) is 47.5 Å². The zero-order valence-electron chi connectivity index (χ0n) is 13.4. The van der Waals surface area contributed by atoms with Crippen LogP contribution in [0.25, 0.3) is 11.2 Å². The van der Waals surface area contributed by atoms with Crippen LogP contribution >= 0.6 is 46.4 Å². The number of halogens is 4. The number of benzene rings is 1. The fraction of sp³-hybridized carbons (Fsp3) is 0.200. The highest BCUT2D eigenvalue weighted by Gasteiger charge is 2.42. The van der Waals surface area contributed by atoms with Crippen molar-refractivity contribution in [1.82, 2.24) is 24.4 Å². The van der Waals surface area contributed by atoms with Gasteiger partial charge >= 0.3 is 6.09 Å². The highest BCUT2D eigenvalue weighted by atomic mass is 35.6. The van der Waals surface area contributed by atoms with Crippen LogP contribution in [-0.2, 0) is 6.54 Å². The Labute approximate surface area is 173 Å². The first-order valence-electron chi connectivity index (χ1n) is 7.44. The van der Waals surface area contributed by atoms with Crippen LogP contribution in [0.3, 0.4) is 0 Å². The van der Waals surface area contributed by atoms with E-state index in [9.17, 15) is 9.90 Å². The largest absolute Gasteiger partial charge is 0.465 e. The van der Waals surface area contributed by atoms with Gasteiger partial charge in [0.2, 0.25) is 9.08 Å². The Hall–Kier alpha value is -2.00. The van der Waals surface area contributed by atoms with Crippen LogP contribution < -0.4 is 5.73 Å². The molecule has 0 bridgehead atoms. The number of nitrogens with two attached hydrogens (primary N) is 1. The third kappa shape index (κ3) is 4.14. The first-order valence-corrected chi connectivity index (χ1v) is 8.95. The maximum atomic E-state index is 12.0. The number of aromatic nitrogens is 4. The van der Waals surface area contributed by atoms with E-state index in [1.807, 2.05) is 6.07 Å². The number of hydrogen-bond acceptors (Lipinski definition) is 5. The van der Waals surface area contributed by atoms with Crippen molar-refractivity contribution in [2.75, 3.05) is 5.73 Å². The summed E-state index contributed by atoms with van der Waals surface area (Å²) in [7, 11) is 0. The molecule has 0 radical (unpaired) electrons. The third-order valence-corrected chi connectivity index (χ3v) is 4.47. The van der Waals surface area contributed by atoms with Crippen LogP contribution in [0.15, 0.2) is 36.7 Å². The quantitative estimate of drug-likeness (QED) is 0.458. The molecule has 8 nitrogen and oxygen atoms in total. The van der Waals surface area contributed by atoms with Gasteiger partial charge in [-0.1, -0.05) is 65.1 Å². The molecule has 3 N–H and O–H groups in total. The summed E-state index contributed by atoms with van der Waals surface area (Å²) in [5, 5.41) is 9.64. The first-order chi connectivity index (χ1) is 12.7.